The third kappa shape index (κ3) is 1.83. The summed E-state index contributed by atoms with van der Waals surface area (Å²) in [4.78, 5) is 0. The lowest BCUT2D eigenvalue weighted by atomic mass is 9.78. The van der Waals surface area contributed by atoms with Crippen LogP contribution in [0.1, 0.15) is 31.7 Å². The monoisotopic (exact) mass is 189 g/mol. The van der Waals surface area contributed by atoms with Gasteiger partial charge < -0.3 is 5.32 Å². The Bertz CT molecular complexity index is 275. The molecule has 1 heteroatoms. The maximum Gasteiger partial charge on any atom is 0.0150 e. The van der Waals surface area contributed by atoms with Gasteiger partial charge in [-0.15, -0.1) is 0 Å². The van der Waals surface area contributed by atoms with E-state index in [2.05, 4.69) is 49.5 Å². The number of rotatable bonds is 3. The van der Waals surface area contributed by atoms with E-state index in [-0.39, 0.29) is 0 Å². The van der Waals surface area contributed by atoms with Crippen LogP contribution in [0, 0.1) is 5.92 Å². The van der Waals surface area contributed by atoms with Gasteiger partial charge in [-0.3, -0.25) is 0 Å². The number of hydrogen-bond donors (Lipinski definition) is 1. The quantitative estimate of drug-likeness (QED) is 0.771. The van der Waals surface area contributed by atoms with Gasteiger partial charge in [0.15, 0.2) is 0 Å². The molecular weight excluding hydrogens is 170 g/mol. The summed E-state index contributed by atoms with van der Waals surface area (Å²) in [5, 5.41) is 3.53. The molecule has 1 fully saturated rings. The smallest absolute Gasteiger partial charge is 0.0150 e. The van der Waals surface area contributed by atoms with Crippen molar-refractivity contribution in [3.63, 3.8) is 0 Å². The summed E-state index contributed by atoms with van der Waals surface area (Å²) >= 11 is 0. The molecule has 1 saturated heterocycles. The van der Waals surface area contributed by atoms with Gasteiger partial charge in [-0.1, -0.05) is 44.2 Å². The molecule has 0 aliphatic carbocycles. The van der Waals surface area contributed by atoms with E-state index in [1.54, 1.807) is 0 Å². The predicted molar refractivity (Wildman–Crippen MR) is 60.4 cm³/mol. The van der Waals surface area contributed by atoms with Crippen molar-refractivity contribution in [1.82, 2.24) is 5.32 Å². The highest BCUT2D eigenvalue weighted by Gasteiger charge is 2.29. The Morgan fingerprint density at radius 3 is 2.29 bits per heavy atom. The highest BCUT2D eigenvalue weighted by Crippen LogP contribution is 2.31. The molecule has 1 aromatic carbocycles. The van der Waals surface area contributed by atoms with Crippen molar-refractivity contribution in [2.45, 2.75) is 32.2 Å². The summed E-state index contributed by atoms with van der Waals surface area (Å²) in [6, 6.07) is 11.6. The van der Waals surface area contributed by atoms with Gasteiger partial charge in [0.05, 0.1) is 0 Å². The zero-order valence-electron chi connectivity index (χ0n) is 9.03. The SMILES string of the molecule is CC(C)C(c1ccccc1)C1CCN1. The molecule has 2 atom stereocenters. The zero-order chi connectivity index (χ0) is 9.97. The van der Waals surface area contributed by atoms with E-state index in [9.17, 15) is 0 Å². The summed E-state index contributed by atoms with van der Waals surface area (Å²) < 4.78 is 0. The van der Waals surface area contributed by atoms with Crippen molar-refractivity contribution in [2.24, 2.45) is 5.92 Å². The Balaban J connectivity index is 2.18. The van der Waals surface area contributed by atoms with Gasteiger partial charge in [-0.25, -0.2) is 0 Å². The minimum absolute atomic E-state index is 0.685. The molecule has 1 aromatic rings. The molecule has 2 rings (SSSR count). The van der Waals surface area contributed by atoms with Gasteiger partial charge in [-0.05, 0) is 24.4 Å². The molecule has 1 nitrogen and oxygen atoms in total. The molecule has 1 heterocycles. The molecule has 0 radical (unpaired) electrons. The third-order valence-electron chi connectivity index (χ3n) is 3.20. The van der Waals surface area contributed by atoms with Gasteiger partial charge in [0.1, 0.15) is 0 Å². The lowest BCUT2D eigenvalue weighted by Gasteiger charge is -2.38. The molecule has 0 spiro atoms. The highest BCUT2D eigenvalue weighted by atomic mass is 15.0. The topological polar surface area (TPSA) is 12.0 Å². The van der Waals surface area contributed by atoms with Crippen LogP contribution in [0.4, 0.5) is 0 Å². The molecule has 2 unspecified atom stereocenters. The van der Waals surface area contributed by atoms with Crippen LogP contribution >= 0.6 is 0 Å². The normalized spacial score (nSPS) is 23.2. The molecule has 1 aliphatic rings. The van der Waals surface area contributed by atoms with E-state index in [4.69, 9.17) is 0 Å². The van der Waals surface area contributed by atoms with Gasteiger partial charge in [0, 0.05) is 12.0 Å². The van der Waals surface area contributed by atoms with Crippen LogP contribution in [-0.2, 0) is 0 Å². The van der Waals surface area contributed by atoms with E-state index in [0.717, 1.165) is 5.92 Å². The molecule has 76 valence electrons. The van der Waals surface area contributed by atoms with Crippen LogP contribution in [0.2, 0.25) is 0 Å². The Labute approximate surface area is 86.5 Å². The second-order valence-corrected chi connectivity index (χ2v) is 4.53. The fourth-order valence-electron chi connectivity index (χ4n) is 2.37. The van der Waals surface area contributed by atoms with E-state index in [1.807, 2.05) is 0 Å². The summed E-state index contributed by atoms with van der Waals surface area (Å²) in [5.41, 5.74) is 1.49. The summed E-state index contributed by atoms with van der Waals surface area (Å²) in [5.74, 6) is 1.40. The molecule has 1 aliphatic heterocycles. The van der Waals surface area contributed by atoms with Gasteiger partial charge in [0.2, 0.25) is 0 Å². The molecule has 0 bridgehead atoms. The second-order valence-electron chi connectivity index (χ2n) is 4.53. The summed E-state index contributed by atoms with van der Waals surface area (Å²) in [6.07, 6.45) is 1.33. The number of benzene rings is 1. The third-order valence-corrected chi connectivity index (χ3v) is 3.20. The van der Waals surface area contributed by atoms with Crippen LogP contribution in [0.15, 0.2) is 30.3 Å². The Kier molecular flexibility index (Phi) is 2.87. The average Bonchev–Trinajstić information content (AvgIpc) is 2.12. The van der Waals surface area contributed by atoms with Crippen LogP contribution in [0.3, 0.4) is 0 Å². The van der Waals surface area contributed by atoms with Gasteiger partial charge in [-0.2, -0.15) is 0 Å². The number of nitrogens with one attached hydrogen (secondary N) is 1. The van der Waals surface area contributed by atoms with E-state index in [0.29, 0.717) is 12.0 Å². The standard InChI is InChI=1S/C13H19N/c1-10(2)13(12-8-9-14-12)11-6-4-3-5-7-11/h3-7,10,12-14H,8-9H2,1-2H3. The molecular formula is C13H19N. The minimum atomic E-state index is 0.685. The van der Waals surface area contributed by atoms with Gasteiger partial charge >= 0.3 is 0 Å². The summed E-state index contributed by atoms with van der Waals surface area (Å²) in [7, 11) is 0. The van der Waals surface area contributed by atoms with Crippen LogP contribution in [0.5, 0.6) is 0 Å². The first-order valence-corrected chi connectivity index (χ1v) is 5.57. The van der Waals surface area contributed by atoms with E-state index >= 15 is 0 Å². The van der Waals surface area contributed by atoms with Crippen molar-refractivity contribution in [2.75, 3.05) is 6.54 Å². The van der Waals surface area contributed by atoms with Gasteiger partial charge in [0.25, 0.3) is 0 Å². The molecule has 1 N–H and O–H groups in total. The first-order valence-electron chi connectivity index (χ1n) is 5.57. The fraction of sp³-hybridized carbons (Fsp3) is 0.538. The molecule has 0 amide bonds. The van der Waals surface area contributed by atoms with Crippen molar-refractivity contribution < 1.29 is 0 Å². The average molecular weight is 189 g/mol. The Morgan fingerprint density at radius 1 is 1.21 bits per heavy atom. The Morgan fingerprint density at radius 2 is 1.86 bits per heavy atom. The molecule has 0 aromatic heterocycles. The fourth-order valence-corrected chi connectivity index (χ4v) is 2.37. The lowest BCUT2D eigenvalue weighted by Crippen LogP contribution is -2.48. The maximum atomic E-state index is 3.53. The number of hydrogen-bond acceptors (Lipinski definition) is 1. The lowest BCUT2D eigenvalue weighted by molar-refractivity contribution is 0.271. The van der Waals surface area contributed by atoms with Crippen molar-refractivity contribution in [1.29, 1.82) is 0 Å². The predicted octanol–water partition coefficient (Wildman–Crippen LogP) is 2.79. The first kappa shape index (κ1) is 9.72. The molecule has 14 heavy (non-hydrogen) atoms. The van der Waals surface area contributed by atoms with E-state index in [1.165, 1.54) is 18.5 Å². The second kappa shape index (κ2) is 4.14. The van der Waals surface area contributed by atoms with Crippen LogP contribution < -0.4 is 5.32 Å². The van der Waals surface area contributed by atoms with Crippen molar-refractivity contribution in [3.8, 4) is 0 Å². The first-order chi connectivity index (χ1) is 6.79. The Hall–Kier alpha value is -0.820. The largest absolute Gasteiger partial charge is 0.313 e. The highest BCUT2D eigenvalue weighted by molar-refractivity contribution is 5.22. The van der Waals surface area contributed by atoms with Crippen molar-refractivity contribution >= 4 is 0 Å². The molecule has 0 saturated carbocycles. The zero-order valence-corrected chi connectivity index (χ0v) is 9.03. The van der Waals surface area contributed by atoms with E-state index < -0.39 is 0 Å². The summed E-state index contributed by atoms with van der Waals surface area (Å²) in [6.45, 7) is 5.83. The van der Waals surface area contributed by atoms with Crippen LogP contribution in [0.25, 0.3) is 0 Å². The maximum absolute atomic E-state index is 3.53. The minimum Gasteiger partial charge on any atom is -0.313 e. The van der Waals surface area contributed by atoms with Crippen LogP contribution in [-0.4, -0.2) is 12.6 Å². The van der Waals surface area contributed by atoms with Crippen molar-refractivity contribution in [3.05, 3.63) is 35.9 Å².